The van der Waals surface area contributed by atoms with Crippen LogP contribution in [-0.4, -0.2) is 32.7 Å². The van der Waals surface area contributed by atoms with E-state index in [-0.39, 0.29) is 17.5 Å². The number of nitrogens with zero attached hydrogens (tertiary/aromatic N) is 2. The van der Waals surface area contributed by atoms with Gasteiger partial charge in [0.25, 0.3) is 5.91 Å². The number of aromatic amines is 1. The standard InChI is InChI=1S/C31H32FN3O3/c1-4-5-6-15-38-24-13-9-22(10-14-24)29-26-27(25-17-19(2)16-20(3)30(25)36)33-34-28(26)31(37)35(29)18-21-7-11-23(32)12-8-21/h7-14,16-17,29,36H,4-6,15,18H2,1-3H3,(H,33,34). The molecule has 196 valence electrons. The molecular formula is C31H32FN3O3. The van der Waals surface area contributed by atoms with E-state index in [9.17, 15) is 14.3 Å². The zero-order chi connectivity index (χ0) is 26.8. The van der Waals surface area contributed by atoms with Crippen molar-refractivity contribution in [2.24, 2.45) is 0 Å². The van der Waals surface area contributed by atoms with Gasteiger partial charge in [-0.05, 0) is 72.9 Å². The highest BCUT2D eigenvalue weighted by Crippen LogP contribution is 2.46. The lowest BCUT2D eigenvalue weighted by atomic mass is 9.94. The topological polar surface area (TPSA) is 78.5 Å². The maximum absolute atomic E-state index is 13.7. The van der Waals surface area contributed by atoms with Crippen molar-refractivity contribution in [2.75, 3.05) is 6.61 Å². The molecule has 0 saturated heterocycles. The van der Waals surface area contributed by atoms with Gasteiger partial charge in [0.15, 0.2) is 0 Å². The van der Waals surface area contributed by atoms with Crippen molar-refractivity contribution >= 4 is 5.91 Å². The molecule has 0 radical (unpaired) electrons. The molecule has 1 aliphatic rings. The largest absolute Gasteiger partial charge is 0.507 e. The van der Waals surface area contributed by atoms with Gasteiger partial charge in [0, 0.05) is 17.7 Å². The van der Waals surface area contributed by atoms with Gasteiger partial charge < -0.3 is 14.7 Å². The van der Waals surface area contributed by atoms with Crippen LogP contribution < -0.4 is 4.74 Å². The molecule has 5 rings (SSSR count). The summed E-state index contributed by atoms with van der Waals surface area (Å²) in [5.41, 5.74) is 5.67. The summed E-state index contributed by atoms with van der Waals surface area (Å²) in [6.07, 6.45) is 3.26. The van der Waals surface area contributed by atoms with Crippen molar-refractivity contribution in [2.45, 2.75) is 52.6 Å². The van der Waals surface area contributed by atoms with Crippen LogP contribution in [0.1, 0.15) is 70.5 Å². The first-order valence-electron chi connectivity index (χ1n) is 13.0. The highest BCUT2D eigenvalue weighted by molar-refractivity contribution is 6.00. The highest BCUT2D eigenvalue weighted by atomic mass is 19.1. The van der Waals surface area contributed by atoms with E-state index in [1.165, 1.54) is 12.1 Å². The van der Waals surface area contributed by atoms with Crippen LogP contribution in [0.2, 0.25) is 0 Å². The van der Waals surface area contributed by atoms with Gasteiger partial charge in [-0.3, -0.25) is 9.89 Å². The Balaban J connectivity index is 1.56. The molecule has 38 heavy (non-hydrogen) atoms. The van der Waals surface area contributed by atoms with Gasteiger partial charge in [-0.25, -0.2) is 4.39 Å². The van der Waals surface area contributed by atoms with E-state index in [2.05, 4.69) is 17.1 Å². The minimum atomic E-state index is -0.453. The van der Waals surface area contributed by atoms with Crippen LogP contribution in [0.3, 0.4) is 0 Å². The van der Waals surface area contributed by atoms with Gasteiger partial charge in [-0.2, -0.15) is 5.10 Å². The molecule has 3 aromatic carbocycles. The summed E-state index contributed by atoms with van der Waals surface area (Å²) in [5.74, 6) is 0.397. The first-order valence-corrected chi connectivity index (χ1v) is 13.0. The summed E-state index contributed by atoms with van der Waals surface area (Å²) in [4.78, 5) is 15.4. The van der Waals surface area contributed by atoms with Gasteiger partial charge in [0.05, 0.1) is 12.6 Å². The van der Waals surface area contributed by atoms with Gasteiger partial charge in [0.2, 0.25) is 0 Å². The van der Waals surface area contributed by atoms with E-state index in [1.54, 1.807) is 17.0 Å². The summed E-state index contributed by atoms with van der Waals surface area (Å²) >= 11 is 0. The molecule has 0 spiro atoms. The fourth-order valence-electron chi connectivity index (χ4n) is 5.13. The molecule has 1 atom stereocenters. The van der Waals surface area contributed by atoms with Gasteiger partial charge in [-0.1, -0.05) is 50.1 Å². The summed E-state index contributed by atoms with van der Waals surface area (Å²) in [7, 11) is 0. The SMILES string of the molecule is CCCCCOc1ccc(C2c3c(-c4cc(C)cc(C)c4O)n[nH]c3C(=O)N2Cc2ccc(F)cc2)cc1. The van der Waals surface area contributed by atoms with Gasteiger partial charge in [-0.15, -0.1) is 0 Å². The van der Waals surface area contributed by atoms with Gasteiger partial charge in [0.1, 0.15) is 28.7 Å². The highest BCUT2D eigenvalue weighted by Gasteiger charge is 2.42. The molecular weight excluding hydrogens is 481 g/mol. The Bertz CT molecular complexity index is 1440. The number of aryl methyl sites for hydroxylation is 2. The number of rotatable bonds is 9. The zero-order valence-electron chi connectivity index (χ0n) is 21.9. The smallest absolute Gasteiger partial charge is 0.273 e. The Labute approximate surface area is 222 Å². The number of amides is 1. The van der Waals surface area contributed by atoms with Crippen LogP contribution in [0.15, 0.2) is 60.7 Å². The number of ether oxygens (including phenoxy) is 1. The van der Waals surface area contributed by atoms with E-state index >= 15 is 0 Å². The lowest BCUT2D eigenvalue weighted by Crippen LogP contribution is -2.29. The number of aromatic nitrogens is 2. The summed E-state index contributed by atoms with van der Waals surface area (Å²) in [6.45, 7) is 6.92. The minimum Gasteiger partial charge on any atom is -0.507 e. The molecule has 6 nitrogen and oxygen atoms in total. The molecule has 1 unspecified atom stereocenters. The Morgan fingerprint density at radius 2 is 1.79 bits per heavy atom. The molecule has 2 heterocycles. The number of phenols is 1. The second kappa shape index (κ2) is 10.7. The number of nitrogens with one attached hydrogen (secondary N) is 1. The predicted octanol–water partition coefficient (Wildman–Crippen LogP) is 6.85. The lowest BCUT2D eigenvalue weighted by Gasteiger charge is -2.27. The maximum atomic E-state index is 13.7. The number of hydrogen-bond acceptors (Lipinski definition) is 4. The normalized spacial score (nSPS) is 14.7. The molecule has 1 aromatic heterocycles. The zero-order valence-corrected chi connectivity index (χ0v) is 21.9. The van der Waals surface area contributed by atoms with E-state index in [4.69, 9.17) is 4.74 Å². The van der Waals surface area contributed by atoms with Crippen LogP contribution >= 0.6 is 0 Å². The van der Waals surface area contributed by atoms with Crippen LogP contribution in [-0.2, 0) is 6.54 Å². The number of hydrogen-bond donors (Lipinski definition) is 2. The molecule has 4 aromatic rings. The number of aromatic hydroxyl groups is 1. The fraction of sp³-hybridized carbons (Fsp3) is 0.290. The van der Waals surface area contributed by atoms with Crippen molar-refractivity contribution in [3.63, 3.8) is 0 Å². The van der Waals surface area contributed by atoms with Crippen LogP contribution in [0.5, 0.6) is 11.5 Å². The second-order valence-corrected chi connectivity index (χ2v) is 9.93. The fourth-order valence-corrected chi connectivity index (χ4v) is 5.13. The number of H-pyrrole nitrogens is 1. The number of fused-ring (bicyclic) bond motifs is 1. The number of halogens is 1. The molecule has 0 bridgehead atoms. The maximum Gasteiger partial charge on any atom is 0.273 e. The number of carbonyl (C=O) groups excluding carboxylic acids is 1. The Kier molecular flexibility index (Phi) is 7.18. The number of phenolic OH excluding ortho intramolecular Hbond substituents is 1. The van der Waals surface area contributed by atoms with Crippen molar-refractivity contribution in [1.82, 2.24) is 15.1 Å². The third-order valence-electron chi connectivity index (χ3n) is 7.04. The third-order valence-corrected chi connectivity index (χ3v) is 7.04. The first-order chi connectivity index (χ1) is 18.4. The van der Waals surface area contributed by atoms with Crippen LogP contribution in [0.4, 0.5) is 4.39 Å². The molecule has 2 N–H and O–H groups in total. The molecule has 7 heteroatoms. The predicted molar refractivity (Wildman–Crippen MR) is 145 cm³/mol. The number of benzene rings is 3. The molecule has 0 aliphatic carbocycles. The number of unbranched alkanes of at least 4 members (excludes halogenated alkanes) is 2. The molecule has 1 amide bonds. The molecule has 0 fully saturated rings. The number of carbonyl (C=O) groups is 1. The average Bonchev–Trinajstić information content (AvgIpc) is 3.45. The second-order valence-electron chi connectivity index (χ2n) is 9.93. The van der Waals surface area contributed by atoms with Crippen molar-refractivity contribution in [3.05, 3.63) is 100.0 Å². The van der Waals surface area contributed by atoms with E-state index in [1.807, 2.05) is 50.2 Å². The van der Waals surface area contributed by atoms with Gasteiger partial charge >= 0.3 is 0 Å². The summed E-state index contributed by atoms with van der Waals surface area (Å²) in [6, 6.07) is 17.3. The third kappa shape index (κ3) is 4.88. The van der Waals surface area contributed by atoms with E-state index in [0.29, 0.717) is 35.7 Å². The Morgan fingerprint density at radius 3 is 2.50 bits per heavy atom. The monoisotopic (exact) mass is 513 g/mol. The van der Waals surface area contributed by atoms with Crippen molar-refractivity contribution in [1.29, 1.82) is 0 Å². The van der Waals surface area contributed by atoms with E-state index < -0.39 is 6.04 Å². The molecule has 1 aliphatic heterocycles. The van der Waals surface area contributed by atoms with Crippen molar-refractivity contribution < 1.29 is 19.0 Å². The van der Waals surface area contributed by atoms with E-state index in [0.717, 1.165) is 47.3 Å². The van der Waals surface area contributed by atoms with Crippen molar-refractivity contribution in [3.8, 4) is 22.8 Å². The summed E-state index contributed by atoms with van der Waals surface area (Å²) < 4.78 is 19.5. The summed E-state index contributed by atoms with van der Waals surface area (Å²) in [5, 5.41) is 18.4. The average molecular weight is 514 g/mol. The molecule has 0 saturated carbocycles. The Hall–Kier alpha value is -4.13. The first kappa shape index (κ1) is 25.5. The quantitative estimate of drug-likeness (QED) is 0.240. The minimum absolute atomic E-state index is 0.143. The van der Waals surface area contributed by atoms with Crippen LogP contribution in [0.25, 0.3) is 11.3 Å². The lowest BCUT2D eigenvalue weighted by molar-refractivity contribution is 0.0730. The van der Waals surface area contributed by atoms with Crippen LogP contribution in [0, 0.1) is 19.7 Å². The Morgan fingerprint density at radius 1 is 1.05 bits per heavy atom.